The molecule has 0 saturated heterocycles. The normalized spacial score (nSPS) is 14.1. The second-order valence-electron chi connectivity index (χ2n) is 4.21. The van der Waals surface area contributed by atoms with Crippen molar-refractivity contribution in [3.05, 3.63) is 0 Å². The molecule has 4 nitrogen and oxygen atoms in total. The Balaban J connectivity index is 3.87. The van der Waals surface area contributed by atoms with Crippen molar-refractivity contribution in [3.63, 3.8) is 0 Å². The largest absolute Gasteiger partial charge is 0.464 e. The van der Waals surface area contributed by atoms with E-state index in [2.05, 4.69) is 21.2 Å². The summed E-state index contributed by atoms with van der Waals surface area (Å²) < 4.78 is 5.02. The number of thioether (sulfide) groups is 1. The Bertz CT molecular complexity index is 272. The van der Waals surface area contributed by atoms with Gasteiger partial charge in [0.1, 0.15) is 11.4 Å². The molecule has 106 valence electrons. The van der Waals surface area contributed by atoms with Crippen molar-refractivity contribution in [1.82, 2.24) is 5.32 Å². The first kappa shape index (κ1) is 17.8. The van der Waals surface area contributed by atoms with E-state index in [-0.39, 0.29) is 28.0 Å². The first-order valence-electron chi connectivity index (χ1n) is 6.11. The molecule has 2 atom stereocenters. The van der Waals surface area contributed by atoms with Crippen LogP contribution in [0.1, 0.15) is 34.1 Å². The Kier molecular flexibility index (Phi) is 9.54. The minimum absolute atomic E-state index is 0.0534. The number of halogens is 1. The SMILES string of the molecule is CCC(SCCOC(=O)C(C)Br)C(=O)NC(C)C. The molecule has 0 aliphatic carbocycles. The number of carbonyl (C=O) groups is 2. The number of amides is 1. The molecule has 0 radical (unpaired) electrons. The zero-order valence-electron chi connectivity index (χ0n) is 11.4. The van der Waals surface area contributed by atoms with Crippen molar-refractivity contribution in [1.29, 1.82) is 0 Å². The van der Waals surface area contributed by atoms with Crippen LogP contribution in [0.15, 0.2) is 0 Å². The van der Waals surface area contributed by atoms with E-state index in [0.29, 0.717) is 12.4 Å². The van der Waals surface area contributed by atoms with Gasteiger partial charge in [-0.1, -0.05) is 22.9 Å². The van der Waals surface area contributed by atoms with Crippen LogP contribution in [0.25, 0.3) is 0 Å². The van der Waals surface area contributed by atoms with Crippen LogP contribution in [0.4, 0.5) is 0 Å². The minimum atomic E-state index is -0.284. The van der Waals surface area contributed by atoms with E-state index in [1.165, 1.54) is 11.8 Å². The molecule has 0 spiro atoms. The maximum absolute atomic E-state index is 11.8. The zero-order chi connectivity index (χ0) is 14.1. The first-order chi connectivity index (χ1) is 8.38. The highest BCUT2D eigenvalue weighted by molar-refractivity contribution is 9.10. The second-order valence-corrected chi connectivity index (χ2v) is 6.90. The summed E-state index contributed by atoms with van der Waals surface area (Å²) >= 11 is 4.66. The third-order valence-electron chi connectivity index (χ3n) is 2.07. The van der Waals surface area contributed by atoms with Crippen LogP contribution in [0.3, 0.4) is 0 Å². The molecule has 0 aromatic rings. The van der Waals surface area contributed by atoms with Gasteiger partial charge in [-0.15, -0.1) is 11.8 Å². The number of hydrogen-bond donors (Lipinski definition) is 1. The molecule has 0 heterocycles. The molecule has 0 aliphatic rings. The maximum Gasteiger partial charge on any atom is 0.319 e. The summed E-state index contributed by atoms with van der Waals surface area (Å²) in [5.74, 6) is 0.420. The highest BCUT2D eigenvalue weighted by Crippen LogP contribution is 2.15. The maximum atomic E-state index is 11.8. The molecule has 0 saturated carbocycles. The van der Waals surface area contributed by atoms with Gasteiger partial charge in [0.05, 0.1) is 5.25 Å². The third kappa shape index (κ3) is 7.97. The van der Waals surface area contributed by atoms with Crippen LogP contribution >= 0.6 is 27.7 Å². The standard InChI is InChI=1S/C12H22BrNO3S/c1-5-10(11(15)14-8(2)3)18-7-6-17-12(16)9(4)13/h8-10H,5-7H2,1-4H3,(H,14,15). The average Bonchev–Trinajstić information content (AvgIpc) is 2.27. The van der Waals surface area contributed by atoms with E-state index in [4.69, 9.17) is 4.74 Å². The minimum Gasteiger partial charge on any atom is -0.464 e. The molecule has 0 bridgehead atoms. The molecular weight excluding hydrogens is 318 g/mol. The Hall–Kier alpha value is -0.230. The van der Waals surface area contributed by atoms with Gasteiger partial charge < -0.3 is 10.1 Å². The van der Waals surface area contributed by atoms with Crippen molar-refractivity contribution in [2.24, 2.45) is 0 Å². The number of ether oxygens (including phenoxy) is 1. The van der Waals surface area contributed by atoms with Crippen LogP contribution in [0, 0.1) is 0 Å². The summed E-state index contributed by atoms with van der Waals surface area (Å²) in [7, 11) is 0. The second kappa shape index (κ2) is 9.67. The lowest BCUT2D eigenvalue weighted by Crippen LogP contribution is -2.37. The van der Waals surface area contributed by atoms with E-state index >= 15 is 0 Å². The molecule has 0 aliphatic heterocycles. The van der Waals surface area contributed by atoms with Gasteiger partial charge in [-0.3, -0.25) is 9.59 Å². The third-order valence-corrected chi connectivity index (χ3v) is 3.79. The van der Waals surface area contributed by atoms with Gasteiger partial charge in [0.15, 0.2) is 0 Å². The monoisotopic (exact) mass is 339 g/mol. The molecule has 1 amide bonds. The van der Waals surface area contributed by atoms with Crippen molar-refractivity contribution in [2.75, 3.05) is 12.4 Å². The van der Waals surface area contributed by atoms with Gasteiger partial charge in [0.25, 0.3) is 0 Å². The highest BCUT2D eigenvalue weighted by Gasteiger charge is 2.17. The van der Waals surface area contributed by atoms with Gasteiger partial charge in [-0.2, -0.15) is 0 Å². The lowest BCUT2D eigenvalue weighted by atomic mass is 10.3. The molecule has 18 heavy (non-hydrogen) atoms. The van der Waals surface area contributed by atoms with Gasteiger partial charge in [-0.25, -0.2) is 0 Å². The van der Waals surface area contributed by atoms with E-state index in [1.807, 2.05) is 20.8 Å². The molecule has 0 fully saturated rings. The molecule has 0 rings (SSSR count). The van der Waals surface area contributed by atoms with Crippen molar-refractivity contribution >= 4 is 39.6 Å². The molecule has 0 aromatic carbocycles. The van der Waals surface area contributed by atoms with Crippen molar-refractivity contribution < 1.29 is 14.3 Å². The predicted octanol–water partition coefficient (Wildman–Crippen LogP) is 2.35. The zero-order valence-corrected chi connectivity index (χ0v) is 13.8. The van der Waals surface area contributed by atoms with Gasteiger partial charge in [0, 0.05) is 11.8 Å². The summed E-state index contributed by atoms with van der Waals surface area (Å²) in [6, 6.07) is 0.152. The average molecular weight is 340 g/mol. The number of rotatable bonds is 8. The number of esters is 1. The summed E-state index contributed by atoms with van der Waals surface area (Å²) in [5.41, 5.74) is 0. The van der Waals surface area contributed by atoms with E-state index < -0.39 is 0 Å². The molecule has 1 N–H and O–H groups in total. The molecule has 0 aromatic heterocycles. The Morgan fingerprint density at radius 3 is 2.39 bits per heavy atom. The smallest absolute Gasteiger partial charge is 0.319 e. The van der Waals surface area contributed by atoms with Crippen LogP contribution in [-0.4, -0.2) is 40.4 Å². The number of hydrogen-bond acceptors (Lipinski definition) is 4. The van der Waals surface area contributed by atoms with E-state index in [1.54, 1.807) is 6.92 Å². The quantitative estimate of drug-likeness (QED) is 0.419. The number of alkyl halides is 1. The molecule has 2 unspecified atom stereocenters. The summed E-state index contributed by atoms with van der Waals surface area (Å²) in [6.07, 6.45) is 0.770. The Morgan fingerprint density at radius 2 is 1.94 bits per heavy atom. The van der Waals surface area contributed by atoms with E-state index in [9.17, 15) is 9.59 Å². The van der Waals surface area contributed by atoms with Crippen LogP contribution in [0.5, 0.6) is 0 Å². The van der Waals surface area contributed by atoms with Gasteiger partial charge in [-0.05, 0) is 27.2 Å². The van der Waals surface area contributed by atoms with Crippen LogP contribution in [0.2, 0.25) is 0 Å². The Labute approximate surface area is 122 Å². The fourth-order valence-electron chi connectivity index (χ4n) is 1.20. The van der Waals surface area contributed by atoms with Gasteiger partial charge >= 0.3 is 5.97 Å². The van der Waals surface area contributed by atoms with Crippen LogP contribution < -0.4 is 5.32 Å². The number of nitrogens with one attached hydrogen (secondary N) is 1. The van der Waals surface area contributed by atoms with Crippen molar-refractivity contribution in [2.45, 2.75) is 50.2 Å². The molecular formula is C12H22BrNO3S. The first-order valence-corrected chi connectivity index (χ1v) is 8.07. The lowest BCUT2D eigenvalue weighted by Gasteiger charge is -2.16. The van der Waals surface area contributed by atoms with E-state index in [0.717, 1.165) is 6.42 Å². The Morgan fingerprint density at radius 1 is 1.33 bits per heavy atom. The number of carbonyl (C=O) groups excluding carboxylic acids is 2. The summed E-state index contributed by atoms with van der Waals surface area (Å²) in [5, 5.41) is 2.81. The summed E-state index contributed by atoms with van der Waals surface area (Å²) in [6.45, 7) is 7.92. The lowest BCUT2D eigenvalue weighted by molar-refractivity contribution is -0.141. The highest BCUT2D eigenvalue weighted by atomic mass is 79.9. The van der Waals surface area contributed by atoms with Crippen LogP contribution in [-0.2, 0) is 14.3 Å². The van der Waals surface area contributed by atoms with Gasteiger partial charge in [0.2, 0.25) is 5.91 Å². The van der Waals surface area contributed by atoms with Crippen molar-refractivity contribution in [3.8, 4) is 0 Å². The fourth-order valence-corrected chi connectivity index (χ4v) is 2.26. The topological polar surface area (TPSA) is 55.4 Å². The predicted molar refractivity (Wildman–Crippen MR) is 79.2 cm³/mol. The molecule has 6 heteroatoms. The summed E-state index contributed by atoms with van der Waals surface area (Å²) in [4.78, 5) is 22.7. The fraction of sp³-hybridized carbons (Fsp3) is 0.833.